The van der Waals surface area contributed by atoms with Gasteiger partial charge in [-0.05, 0) is 32.0 Å². The molecule has 2 aromatic rings. The van der Waals surface area contributed by atoms with Crippen molar-refractivity contribution in [3.63, 3.8) is 0 Å². The zero-order chi connectivity index (χ0) is 20.5. The van der Waals surface area contributed by atoms with Crippen molar-refractivity contribution in [1.29, 1.82) is 0 Å². The fourth-order valence-corrected chi connectivity index (χ4v) is 4.99. The molecule has 2 atom stereocenters. The molecule has 1 saturated heterocycles. The summed E-state index contributed by atoms with van der Waals surface area (Å²) < 4.78 is 43.2. The van der Waals surface area contributed by atoms with E-state index in [1.807, 2.05) is 0 Å². The zero-order valence-electron chi connectivity index (χ0n) is 15.6. The minimum atomic E-state index is -3.91. The smallest absolute Gasteiger partial charge is 0.338 e. The molecule has 1 aromatic heterocycles. The normalized spacial score (nSPS) is 20.9. The van der Waals surface area contributed by atoms with E-state index in [-0.39, 0.29) is 53.3 Å². The standard InChI is InChI=1S/C17H20ClN3O6S/c1-10-7-21(8-11(2)26-10)28(23,24)15-6-13(4-5-14(15)18)17(22)25-9-16-20-19-12(3)27-16/h4-6,10-11H,7-9H2,1-3H3. The average Bonchev–Trinajstić information content (AvgIpc) is 3.04. The van der Waals surface area contributed by atoms with Crippen molar-refractivity contribution in [3.8, 4) is 0 Å². The molecule has 0 bridgehead atoms. The molecule has 2 unspecified atom stereocenters. The Morgan fingerprint density at radius 3 is 2.57 bits per heavy atom. The molecule has 28 heavy (non-hydrogen) atoms. The quantitative estimate of drug-likeness (QED) is 0.665. The predicted octanol–water partition coefficient (Wildman–Crippen LogP) is 2.19. The third-order valence-electron chi connectivity index (χ3n) is 4.07. The van der Waals surface area contributed by atoms with Crippen LogP contribution in [0.4, 0.5) is 0 Å². The number of carbonyl (C=O) groups is 1. The minimum absolute atomic E-state index is 0.0240. The van der Waals surface area contributed by atoms with Gasteiger partial charge in [0.15, 0.2) is 6.61 Å². The maximum absolute atomic E-state index is 13.1. The lowest BCUT2D eigenvalue weighted by Gasteiger charge is -2.34. The van der Waals surface area contributed by atoms with Crippen LogP contribution < -0.4 is 0 Å². The molecule has 0 spiro atoms. The predicted molar refractivity (Wildman–Crippen MR) is 98.4 cm³/mol. The molecule has 1 fully saturated rings. The van der Waals surface area contributed by atoms with Gasteiger partial charge in [-0.3, -0.25) is 0 Å². The van der Waals surface area contributed by atoms with Crippen molar-refractivity contribution in [2.45, 2.75) is 44.5 Å². The van der Waals surface area contributed by atoms with Crippen LogP contribution in [-0.2, 0) is 26.1 Å². The number of rotatable bonds is 5. The minimum Gasteiger partial charge on any atom is -0.452 e. The number of esters is 1. The van der Waals surface area contributed by atoms with E-state index < -0.39 is 16.0 Å². The number of aryl methyl sites for hydroxylation is 1. The summed E-state index contributed by atoms with van der Waals surface area (Å²) in [6, 6.07) is 3.96. The molecule has 152 valence electrons. The zero-order valence-corrected chi connectivity index (χ0v) is 17.2. The summed E-state index contributed by atoms with van der Waals surface area (Å²) in [6.45, 7) is 5.40. The van der Waals surface area contributed by atoms with Gasteiger partial charge in [-0.15, -0.1) is 10.2 Å². The van der Waals surface area contributed by atoms with Crippen molar-refractivity contribution in [1.82, 2.24) is 14.5 Å². The molecule has 3 rings (SSSR count). The van der Waals surface area contributed by atoms with E-state index in [0.29, 0.717) is 5.89 Å². The summed E-state index contributed by atoms with van der Waals surface area (Å²) in [5.74, 6) is -0.239. The lowest BCUT2D eigenvalue weighted by molar-refractivity contribution is -0.0440. The van der Waals surface area contributed by atoms with Crippen molar-refractivity contribution < 1.29 is 27.1 Å². The highest BCUT2D eigenvalue weighted by Crippen LogP contribution is 2.28. The summed E-state index contributed by atoms with van der Waals surface area (Å²) in [7, 11) is -3.91. The molecule has 11 heteroatoms. The van der Waals surface area contributed by atoms with Gasteiger partial charge >= 0.3 is 5.97 Å². The van der Waals surface area contributed by atoms with Gasteiger partial charge in [0, 0.05) is 20.0 Å². The highest BCUT2D eigenvalue weighted by Gasteiger charge is 2.34. The number of carbonyl (C=O) groups excluding carboxylic acids is 1. The molecule has 2 heterocycles. The van der Waals surface area contributed by atoms with Gasteiger partial charge in [-0.2, -0.15) is 4.31 Å². The maximum Gasteiger partial charge on any atom is 0.338 e. The highest BCUT2D eigenvalue weighted by atomic mass is 35.5. The molecular weight excluding hydrogens is 410 g/mol. The molecule has 1 aromatic carbocycles. The lowest BCUT2D eigenvalue weighted by Crippen LogP contribution is -2.48. The van der Waals surface area contributed by atoms with Crippen molar-refractivity contribution in [2.75, 3.05) is 13.1 Å². The molecule has 1 aliphatic heterocycles. The summed E-state index contributed by atoms with van der Waals surface area (Å²) in [5, 5.41) is 7.39. The van der Waals surface area contributed by atoms with Gasteiger partial charge in [0.25, 0.3) is 5.89 Å². The Morgan fingerprint density at radius 2 is 1.96 bits per heavy atom. The highest BCUT2D eigenvalue weighted by molar-refractivity contribution is 7.89. The Labute approximate surface area is 167 Å². The molecule has 0 N–H and O–H groups in total. The van der Waals surface area contributed by atoms with Crippen LogP contribution in [0, 0.1) is 6.92 Å². The largest absolute Gasteiger partial charge is 0.452 e. The summed E-state index contributed by atoms with van der Waals surface area (Å²) in [6.07, 6.45) is -0.494. The molecular formula is C17H20ClN3O6S. The first-order valence-corrected chi connectivity index (χ1v) is 10.4. The first-order chi connectivity index (χ1) is 13.2. The average molecular weight is 430 g/mol. The Bertz CT molecular complexity index is 967. The molecule has 0 amide bonds. The van der Waals surface area contributed by atoms with E-state index in [1.54, 1.807) is 20.8 Å². The van der Waals surface area contributed by atoms with Crippen LogP contribution in [-0.4, -0.2) is 54.2 Å². The van der Waals surface area contributed by atoms with Crippen LogP contribution in [0.15, 0.2) is 27.5 Å². The second-order valence-corrected chi connectivity index (χ2v) is 8.83. The van der Waals surface area contributed by atoms with E-state index >= 15 is 0 Å². The van der Waals surface area contributed by atoms with E-state index in [2.05, 4.69) is 10.2 Å². The van der Waals surface area contributed by atoms with Gasteiger partial charge in [-0.25, -0.2) is 13.2 Å². The van der Waals surface area contributed by atoms with E-state index in [0.717, 1.165) is 0 Å². The van der Waals surface area contributed by atoms with Gasteiger partial charge in [-0.1, -0.05) is 11.6 Å². The number of ether oxygens (including phenoxy) is 2. The van der Waals surface area contributed by atoms with Crippen LogP contribution in [0.25, 0.3) is 0 Å². The van der Waals surface area contributed by atoms with Crippen LogP contribution in [0.2, 0.25) is 5.02 Å². The maximum atomic E-state index is 13.1. The van der Waals surface area contributed by atoms with E-state index in [1.165, 1.54) is 22.5 Å². The summed E-state index contributed by atoms with van der Waals surface area (Å²) >= 11 is 6.13. The molecule has 9 nitrogen and oxygen atoms in total. The number of halogens is 1. The number of benzene rings is 1. The molecule has 0 saturated carbocycles. The molecule has 1 aliphatic rings. The van der Waals surface area contributed by atoms with Crippen molar-refractivity contribution >= 4 is 27.6 Å². The van der Waals surface area contributed by atoms with E-state index in [4.69, 9.17) is 25.5 Å². The second kappa shape index (κ2) is 8.16. The van der Waals surface area contributed by atoms with Crippen LogP contribution in [0.5, 0.6) is 0 Å². The van der Waals surface area contributed by atoms with Crippen molar-refractivity contribution in [3.05, 3.63) is 40.6 Å². The van der Waals surface area contributed by atoms with Gasteiger partial charge < -0.3 is 13.9 Å². The third-order valence-corrected chi connectivity index (χ3v) is 6.38. The Morgan fingerprint density at radius 1 is 1.29 bits per heavy atom. The SMILES string of the molecule is Cc1nnc(COC(=O)c2ccc(Cl)c(S(=O)(=O)N3CC(C)OC(C)C3)c2)o1. The summed E-state index contributed by atoms with van der Waals surface area (Å²) in [4.78, 5) is 12.2. The van der Waals surface area contributed by atoms with Crippen molar-refractivity contribution in [2.24, 2.45) is 0 Å². The lowest BCUT2D eigenvalue weighted by atomic mass is 10.2. The number of sulfonamides is 1. The Hall–Kier alpha value is -2.01. The number of morpholine rings is 1. The Kier molecular flexibility index (Phi) is 6.04. The monoisotopic (exact) mass is 429 g/mol. The number of nitrogens with zero attached hydrogens (tertiary/aromatic N) is 3. The fraction of sp³-hybridized carbons (Fsp3) is 0.471. The van der Waals surface area contributed by atoms with Gasteiger partial charge in [0.1, 0.15) is 4.90 Å². The molecule has 0 aliphatic carbocycles. The first kappa shape index (κ1) is 20.7. The van der Waals surface area contributed by atoms with Crippen LogP contribution in [0.3, 0.4) is 0 Å². The van der Waals surface area contributed by atoms with Crippen LogP contribution in [0.1, 0.15) is 36.0 Å². The second-order valence-electron chi connectivity index (χ2n) is 6.52. The number of hydrogen-bond acceptors (Lipinski definition) is 8. The molecule has 0 radical (unpaired) electrons. The third kappa shape index (κ3) is 4.52. The number of hydrogen-bond donors (Lipinski definition) is 0. The van der Waals surface area contributed by atoms with Gasteiger partial charge in [0.2, 0.25) is 15.9 Å². The number of aromatic nitrogens is 2. The fourth-order valence-electron chi connectivity index (χ4n) is 2.90. The van der Waals surface area contributed by atoms with Crippen LogP contribution >= 0.6 is 11.6 Å². The van der Waals surface area contributed by atoms with Gasteiger partial charge in [0.05, 0.1) is 22.8 Å². The van der Waals surface area contributed by atoms with E-state index in [9.17, 15) is 13.2 Å². The topological polar surface area (TPSA) is 112 Å². The Balaban J connectivity index is 1.81. The summed E-state index contributed by atoms with van der Waals surface area (Å²) in [5.41, 5.74) is 0.0496. The first-order valence-electron chi connectivity index (χ1n) is 8.58.